The Kier molecular flexibility index (Phi) is 5.19. The number of hydrogen-bond donors (Lipinski definition) is 1. The number of nitrogens with one attached hydrogen (secondary N) is 1. The van der Waals surface area contributed by atoms with Crippen molar-refractivity contribution in [3.05, 3.63) is 26.8 Å². The maximum Gasteiger partial charge on any atom is 0.0479 e. The zero-order valence-electron chi connectivity index (χ0n) is 9.35. The fraction of sp³-hybridized carbons (Fsp3) is 0.500. The van der Waals surface area contributed by atoms with Gasteiger partial charge in [0.15, 0.2) is 0 Å². The minimum absolute atomic E-state index is 0.490. The lowest BCUT2D eigenvalue weighted by Gasteiger charge is -2.21. The summed E-state index contributed by atoms with van der Waals surface area (Å²) in [6, 6.07) is 6.44. The highest BCUT2D eigenvalue weighted by atomic mass is 127. The van der Waals surface area contributed by atoms with Crippen molar-refractivity contribution >= 4 is 39.9 Å². The summed E-state index contributed by atoms with van der Waals surface area (Å²) >= 11 is 8.22. The van der Waals surface area contributed by atoms with Crippen LogP contribution in [0.4, 0.5) is 5.69 Å². The van der Waals surface area contributed by atoms with Crippen LogP contribution in [0.15, 0.2) is 18.2 Å². The molecule has 0 fully saturated rings. The third kappa shape index (κ3) is 3.83. The van der Waals surface area contributed by atoms with E-state index in [0.717, 1.165) is 5.02 Å². The summed E-state index contributed by atoms with van der Waals surface area (Å²) in [6.45, 7) is 6.70. The van der Waals surface area contributed by atoms with Crippen molar-refractivity contribution in [3.63, 3.8) is 0 Å². The van der Waals surface area contributed by atoms with Gasteiger partial charge in [-0.1, -0.05) is 31.9 Å². The van der Waals surface area contributed by atoms with Gasteiger partial charge in [-0.2, -0.15) is 0 Å². The SMILES string of the molecule is CCC(C)C(C)Nc1ccc(Cl)cc1I. The second-order valence-corrected chi connectivity index (χ2v) is 5.54. The van der Waals surface area contributed by atoms with Gasteiger partial charge in [0.1, 0.15) is 0 Å². The fourth-order valence-electron chi connectivity index (χ4n) is 1.35. The molecule has 0 radical (unpaired) electrons. The van der Waals surface area contributed by atoms with Gasteiger partial charge in [-0.25, -0.2) is 0 Å². The first-order valence-electron chi connectivity index (χ1n) is 5.26. The van der Waals surface area contributed by atoms with Gasteiger partial charge in [0.25, 0.3) is 0 Å². The number of rotatable bonds is 4. The van der Waals surface area contributed by atoms with Gasteiger partial charge >= 0.3 is 0 Å². The summed E-state index contributed by atoms with van der Waals surface area (Å²) in [5.41, 5.74) is 1.17. The van der Waals surface area contributed by atoms with Crippen molar-refractivity contribution in [1.82, 2.24) is 0 Å². The van der Waals surface area contributed by atoms with E-state index in [1.54, 1.807) is 0 Å². The van der Waals surface area contributed by atoms with E-state index >= 15 is 0 Å². The molecule has 0 saturated carbocycles. The molecule has 0 bridgehead atoms. The van der Waals surface area contributed by atoms with Gasteiger partial charge in [0, 0.05) is 20.3 Å². The summed E-state index contributed by atoms with van der Waals surface area (Å²) in [4.78, 5) is 0. The molecule has 0 amide bonds. The zero-order chi connectivity index (χ0) is 11.4. The van der Waals surface area contributed by atoms with Crippen LogP contribution in [0, 0.1) is 9.49 Å². The zero-order valence-corrected chi connectivity index (χ0v) is 12.3. The van der Waals surface area contributed by atoms with Crippen molar-refractivity contribution in [3.8, 4) is 0 Å². The van der Waals surface area contributed by atoms with Gasteiger partial charge in [-0.3, -0.25) is 0 Å². The molecule has 0 heterocycles. The van der Waals surface area contributed by atoms with Crippen LogP contribution >= 0.6 is 34.2 Å². The highest BCUT2D eigenvalue weighted by Crippen LogP contribution is 2.24. The largest absolute Gasteiger partial charge is 0.381 e. The second-order valence-electron chi connectivity index (χ2n) is 3.94. The Morgan fingerprint density at radius 1 is 1.40 bits per heavy atom. The van der Waals surface area contributed by atoms with Crippen molar-refractivity contribution < 1.29 is 0 Å². The second kappa shape index (κ2) is 5.94. The Morgan fingerprint density at radius 2 is 2.07 bits per heavy atom. The molecule has 3 heteroatoms. The normalized spacial score (nSPS) is 14.7. The van der Waals surface area contributed by atoms with Crippen LogP contribution in [0.25, 0.3) is 0 Å². The Balaban J connectivity index is 2.72. The summed E-state index contributed by atoms with van der Waals surface area (Å²) in [5, 5.41) is 4.31. The molecule has 0 aliphatic carbocycles. The summed E-state index contributed by atoms with van der Waals surface area (Å²) in [6.07, 6.45) is 1.19. The van der Waals surface area contributed by atoms with Crippen LogP contribution < -0.4 is 5.32 Å². The first-order chi connectivity index (χ1) is 7.04. The number of hydrogen-bond acceptors (Lipinski definition) is 1. The van der Waals surface area contributed by atoms with Crippen LogP contribution in [0.2, 0.25) is 5.02 Å². The summed E-state index contributed by atoms with van der Waals surface area (Å²) < 4.78 is 1.18. The van der Waals surface area contributed by atoms with Crippen LogP contribution in [-0.2, 0) is 0 Å². The number of benzene rings is 1. The van der Waals surface area contributed by atoms with Crippen molar-refractivity contribution in [2.45, 2.75) is 33.2 Å². The van der Waals surface area contributed by atoms with Gasteiger partial charge in [-0.05, 0) is 53.6 Å². The van der Waals surface area contributed by atoms with Gasteiger partial charge in [-0.15, -0.1) is 0 Å². The maximum atomic E-state index is 5.91. The predicted molar refractivity (Wildman–Crippen MR) is 76.7 cm³/mol. The summed E-state index contributed by atoms with van der Waals surface area (Å²) in [7, 11) is 0. The quantitative estimate of drug-likeness (QED) is 0.779. The third-order valence-electron chi connectivity index (χ3n) is 2.81. The Hall–Kier alpha value is 0.0400. The van der Waals surface area contributed by atoms with E-state index in [4.69, 9.17) is 11.6 Å². The standard InChI is InChI=1S/C12H17ClIN/c1-4-8(2)9(3)15-12-6-5-10(13)7-11(12)14/h5-9,15H,4H2,1-3H3. The van der Waals surface area contributed by atoms with E-state index in [1.165, 1.54) is 15.7 Å². The van der Waals surface area contributed by atoms with Crippen LogP contribution in [0.3, 0.4) is 0 Å². The molecule has 0 aliphatic heterocycles. The molecule has 1 aromatic carbocycles. The van der Waals surface area contributed by atoms with E-state index < -0.39 is 0 Å². The molecule has 2 atom stereocenters. The van der Waals surface area contributed by atoms with E-state index in [1.807, 2.05) is 18.2 Å². The molecule has 84 valence electrons. The first kappa shape index (κ1) is 13.1. The monoisotopic (exact) mass is 337 g/mol. The fourth-order valence-corrected chi connectivity index (χ4v) is 2.37. The minimum atomic E-state index is 0.490. The topological polar surface area (TPSA) is 12.0 Å². The van der Waals surface area contributed by atoms with E-state index in [-0.39, 0.29) is 0 Å². The lowest BCUT2D eigenvalue weighted by atomic mass is 10.0. The lowest BCUT2D eigenvalue weighted by Crippen LogP contribution is -2.23. The maximum absolute atomic E-state index is 5.91. The Labute approximate surface area is 111 Å². The average molecular weight is 338 g/mol. The molecule has 1 nitrogen and oxygen atoms in total. The molecule has 0 aromatic heterocycles. The molecule has 0 spiro atoms. The van der Waals surface area contributed by atoms with Crippen molar-refractivity contribution in [2.75, 3.05) is 5.32 Å². The van der Waals surface area contributed by atoms with E-state index in [2.05, 4.69) is 48.7 Å². The molecule has 0 aliphatic rings. The van der Waals surface area contributed by atoms with Crippen LogP contribution in [-0.4, -0.2) is 6.04 Å². The summed E-state index contributed by atoms with van der Waals surface area (Å²) in [5.74, 6) is 0.677. The van der Waals surface area contributed by atoms with Crippen molar-refractivity contribution in [2.24, 2.45) is 5.92 Å². The smallest absolute Gasteiger partial charge is 0.0479 e. The minimum Gasteiger partial charge on any atom is -0.381 e. The van der Waals surface area contributed by atoms with Crippen LogP contribution in [0.1, 0.15) is 27.2 Å². The van der Waals surface area contributed by atoms with E-state index in [9.17, 15) is 0 Å². The lowest BCUT2D eigenvalue weighted by molar-refractivity contribution is 0.494. The molecular weight excluding hydrogens is 320 g/mol. The van der Waals surface area contributed by atoms with Gasteiger partial charge in [0.2, 0.25) is 0 Å². The first-order valence-corrected chi connectivity index (χ1v) is 6.71. The third-order valence-corrected chi connectivity index (χ3v) is 3.94. The number of anilines is 1. The Bertz CT molecular complexity index is 327. The molecule has 1 rings (SSSR count). The van der Waals surface area contributed by atoms with Gasteiger partial charge in [0.05, 0.1) is 0 Å². The van der Waals surface area contributed by atoms with Crippen LogP contribution in [0.5, 0.6) is 0 Å². The molecule has 1 aromatic rings. The van der Waals surface area contributed by atoms with E-state index in [0.29, 0.717) is 12.0 Å². The molecule has 1 N–H and O–H groups in total. The molecule has 0 saturated heterocycles. The molecule has 15 heavy (non-hydrogen) atoms. The van der Waals surface area contributed by atoms with Gasteiger partial charge < -0.3 is 5.32 Å². The molecular formula is C12H17ClIN. The van der Waals surface area contributed by atoms with Crippen molar-refractivity contribution in [1.29, 1.82) is 0 Å². The highest BCUT2D eigenvalue weighted by molar-refractivity contribution is 14.1. The Morgan fingerprint density at radius 3 is 2.60 bits per heavy atom. The highest BCUT2D eigenvalue weighted by Gasteiger charge is 2.11. The predicted octanol–water partition coefficient (Wildman–Crippen LogP) is 4.79. The number of halogens is 2. The average Bonchev–Trinajstić information content (AvgIpc) is 2.20. The molecule has 2 unspecified atom stereocenters.